The zero-order chi connectivity index (χ0) is 14.7. The maximum absolute atomic E-state index is 12.1. The first-order chi connectivity index (χ1) is 10.3. The minimum absolute atomic E-state index is 0.285. The van der Waals surface area contributed by atoms with Gasteiger partial charge >= 0.3 is 5.91 Å². The zero-order valence-electron chi connectivity index (χ0n) is 11.4. The van der Waals surface area contributed by atoms with Gasteiger partial charge in [0.15, 0.2) is 5.76 Å². The first-order valence-electron chi connectivity index (χ1n) is 6.51. The van der Waals surface area contributed by atoms with Crippen molar-refractivity contribution in [3.05, 3.63) is 65.9 Å². The van der Waals surface area contributed by atoms with Gasteiger partial charge in [-0.3, -0.25) is 10.2 Å². The number of carbonyl (C=O) groups excluding carboxylic acids is 1. The maximum atomic E-state index is 12.1. The Hall–Kier alpha value is -2.24. The fourth-order valence-corrected chi connectivity index (χ4v) is 2.62. The number of nitrogens with one attached hydrogen (secondary N) is 2. The van der Waals surface area contributed by atoms with Crippen molar-refractivity contribution in [3.8, 4) is 0 Å². The summed E-state index contributed by atoms with van der Waals surface area (Å²) in [7, 11) is 0. The first-order valence-corrected chi connectivity index (χ1v) is 7.33. The lowest BCUT2D eigenvalue weighted by Gasteiger charge is -2.05. The van der Waals surface area contributed by atoms with E-state index in [1.807, 2.05) is 61.5 Å². The Kier molecular flexibility index (Phi) is 3.94. The van der Waals surface area contributed by atoms with Gasteiger partial charge in [0, 0.05) is 15.8 Å². The van der Waals surface area contributed by atoms with Crippen LogP contribution < -0.4 is 10.3 Å². The molecule has 0 saturated heterocycles. The lowest BCUT2D eigenvalue weighted by molar-refractivity contribution is 0.0920. The first kappa shape index (κ1) is 13.7. The number of amides is 1. The minimum Gasteiger partial charge on any atom is -0.451 e. The molecule has 0 aliphatic rings. The Morgan fingerprint density at radius 1 is 1.05 bits per heavy atom. The molecule has 0 aliphatic heterocycles. The smallest absolute Gasteiger partial charge is 0.302 e. The Morgan fingerprint density at radius 2 is 1.76 bits per heavy atom. The van der Waals surface area contributed by atoms with E-state index in [0.717, 1.165) is 21.4 Å². The van der Waals surface area contributed by atoms with Crippen molar-refractivity contribution in [1.82, 2.24) is 10.3 Å². The van der Waals surface area contributed by atoms with E-state index in [-0.39, 0.29) is 5.91 Å². The molecule has 21 heavy (non-hydrogen) atoms. The molecule has 0 bridgehead atoms. The number of hydrazine groups is 1. The third-order valence-electron chi connectivity index (χ3n) is 3.13. The highest BCUT2D eigenvalue weighted by atomic mass is 32.2. The molecule has 0 spiro atoms. The average Bonchev–Trinajstić information content (AvgIpc) is 2.86. The Morgan fingerprint density at radius 3 is 2.52 bits per heavy atom. The molecule has 1 aromatic heterocycles. The summed E-state index contributed by atoms with van der Waals surface area (Å²) in [6.45, 7) is 1.88. The fourth-order valence-electron chi connectivity index (χ4n) is 2.07. The highest BCUT2D eigenvalue weighted by Crippen LogP contribution is 2.24. The van der Waals surface area contributed by atoms with Crippen molar-refractivity contribution in [1.29, 1.82) is 0 Å². The summed E-state index contributed by atoms with van der Waals surface area (Å²) in [5.74, 6) is 0.0458. The van der Waals surface area contributed by atoms with Crippen molar-refractivity contribution >= 4 is 28.8 Å². The van der Waals surface area contributed by atoms with Crippen LogP contribution >= 0.6 is 11.9 Å². The second-order valence-corrected chi connectivity index (χ2v) is 5.40. The summed E-state index contributed by atoms with van der Waals surface area (Å²) in [5.41, 5.74) is 4.19. The topological polar surface area (TPSA) is 54.3 Å². The number of para-hydroxylation sites is 1. The molecular formula is C16H14N2O2S. The molecule has 1 heterocycles. The van der Waals surface area contributed by atoms with Crippen molar-refractivity contribution in [3.63, 3.8) is 0 Å². The van der Waals surface area contributed by atoms with E-state index in [1.165, 1.54) is 11.9 Å². The number of furan rings is 1. The summed E-state index contributed by atoms with van der Waals surface area (Å²) < 4.78 is 5.60. The van der Waals surface area contributed by atoms with Gasteiger partial charge < -0.3 is 4.42 Å². The molecule has 0 radical (unpaired) electrons. The normalized spacial score (nSPS) is 10.7. The largest absolute Gasteiger partial charge is 0.451 e. The predicted molar refractivity (Wildman–Crippen MR) is 83.9 cm³/mol. The van der Waals surface area contributed by atoms with E-state index in [4.69, 9.17) is 4.42 Å². The van der Waals surface area contributed by atoms with Crippen molar-refractivity contribution in [2.45, 2.75) is 11.8 Å². The maximum Gasteiger partial charge on any atom is 0.302 e. The molecule has 3 aromatic rings. The van der Waals surface area contributed by atoms with Gasteiger partial charge in [0.2, 0.25) is 0 Å². The van der Waals surface area contributed by atoms with Crippen molar-refractivity contribution in [2.75, 3.05) is 0 Å². The number of hydrogen-bond donors (Lipinski definition) is 2. The van der Waals surface area contributed by atoms with Crippen LogP contribution in [0, 0.1) is 6.92 Å². The van der Waals surface area contributed by atoms with Crippen LogP contribution in [0.25, 0.3) is 11.0 Å². The van der Waals surface area contributed by atoms with Gasteiger partial charge in [-0.2, -0.15) is 4.83 Å². The average molecular weight is 298 g/mol. The van der Waals surface area contributed by atoms with Crippen LogP contribution in [-0.4, -0.2) is 5.91 Å². The molecule has 4 nitrogen and oxygen atoms in total. The van der Waals surface area contributed by atoms with Crippen LogP contribution in [0.4, 0.5) is 0 Å². The summed E-state index contributed by atoms with van der Waals surface area (Å²) in [5, 5.41) is 0.957. The molecule has 5 heteroatoms. The number of hydrogen-bond acceptors (Lipinski definition) is 4. The molecule has 2 aromatic carbocycles. The van der Waals surface area contributed by atoms with E-state index in [1.54, 1.807) is 0 Å². The number of carbonyl (C=O) groups is 1. The second kappa shape index (κ2) is 6.03. The molecule has 0 saturated carbocycles. The molecule has 0 atom stereocenters. The van der Waals surface area contributed by atoms with Gasteiger partial charge in [0.1, 0.15) is 5.58 Å². The molecule has 2 N–H and O–H groups in total. The van der Waals surface area contributed by atoms with Gasteiger partial charge in [-0.25, -0.2) is 0 Å². The van der Waals surface area contributed by atoms with Gasteiger partial charge in [0.05, 0.1) is 0 Å². The molecule has 0 unspecified atom stereocenters. The molecule has 0 fully saturated rings. The van der Waals surface area contributed by atoms with E-state index >= 15 is 0 Å². The van der Waals surface area contributed by atoms with Crippen LogP contribution in [-0.2, 0) is 0 Å². The SMILES string of the molecule is Cc1c(C(=O)NNSc2ccccc2)oc2ccccc12. The lowest BCUT2D eigenvalue weighted by Crippen LogP contribution is -2.32. The van der Waals surface area contributed by atoms with E-state index < -0.39 is 0 Å². The predicted octanol–water partition coefficient (Wildman–Crippen LogP) is 3.68. The number of aryl methyl sites for hydroxylation is 1. The third kappa shape index (κ3) is 2.94. The Balaban J connectivity index is 1.68. The number of fused-ring (bicyclic) bond motifs is 1. The standard InChI is InChI=1S/C16H14N2O2S/c1-11-13-9-5-6-10-14(13)20-15(11)16(19)17-18-21-12-7-3-2-4-8-12/h2-10,18H,1H3,(H,17,19). The van der Waals surface area contributed by atoms with Crippen LogP contribution in [0.15, 0.2) is 63.9 Å². The Labute approximate surface area is 126 Å². The minimum atomic E-state index is -0.285. The molecule has 3 rings (SSSR count). The van der Waals surface area contributed by atoms with E-state index in [2.05, 4.69) is 10.3 Å². The quantitative estimate of drug-likeness (QED) is 0.570. The monoisotopic (exact) mass is 298 g/mol. The van der Waals surface area contributed by atoms with Crippen molar-refractivity contribution in [2.24, 2.45) is 0 Å². The molecule has 106 valence electrons. The highest BCUT2D eigenvalue weighted by Gasteiger charge is 2.16. The molecule has 0 aliphatic carbocycles. The van der Waals surface area contributed by atoms with Crippen LogP contribution in [0.1, 0.15) is 16.1 Å². The molecule has 1 amide bonds. The summed E-state index contributed by atoms with van der Waals surface area (Å²) in [6.07, 6.45) is 0. The van der Waals surface area contributed by atoms with Crippen molar-refractivity contribution < 1.29 is 9.21 Å². The van der Waals surface area contributed by atoms with Crippen LogP contribution in [0.2, 0.25) is 0 Å². The van der Waals surface area contributed by atoms with Gasteiger partial charge in [0.25, 0.3) is 0 Å². The number of rotatable bonds is 4. The summed E-state index contributed by atoms with van der Waals surface area (Å²) in [6, 6.07) is 17.3. The summed E-state index contributed by atoms with van der Waals surface area (Å²) in [4.78, 5) is 16.0. The Bertz CT molecular complexity index is 768. The summed E-state index contributed by atoms with van der Waals surface area (Å²) >= 11 is 1.33. The zero-order valence-corrected chi connectivity index (χ0v) is 12.2. The van der Waals surface area contributed by atoms with Gasteiger partial charge in [-0.05, 0) is 37.1 Å². The fraction of sp³-hybridized carbons (Fsp3) is 0.0625. The van der Waals surface area contributed by atoms with Gasteiger partial charge in [-0.1, -0.05) is 36.4 Å². The third-order valence-corrected chi connectivity index (χ3v) is 3.84. The molecular weight excluding hydrogens is 284 g/mol. The van der Waals surface area contributed by atoms with Crippen LogP contribution in [0.3, 0.4) is 0 Å². The number of benzene rings is 2. The van der Waals surface area contributed by atoms with Crippen LogP contribution in [0.5, 0.6) is 0 Å². The lowest BCUT2D eigenvalue weighted by atomic mass is 10.1. The second-order valence-electron chi connectivity index (χ2n) is 4.52. The highest BCUT2D eigenvalue weighted by molar-refractivity contribution is 7.97. The van der Waals surface area contributed by atoms with Gasteiger partial charge in [-0.15, -0.1) is 0 Å². The van der Waals surface area contributed by atoms with E-state index in [0.29, 0.717) is 5.76 Å². The van der Waals surface area contributed by atoms with E-state index in [9.17, 15) is 4.79 Å².